The lowest BCUT2D eigenvalue weighted by atomic mass is 9.93. The lowest BCUT2D eigenvalue weighted by Crippen LogP contribution is -2.43. The van der Waals surface area contributed by atoms with Crippen molar-refractivity contribution in [3.63, 3.8) is 0 Å². The summed E-state index contributed by atoms with van der Waals surface area (Å²) in [5.74, 6) is 5.75. The number of hydrogen-bond acceptors (Lipinski definition) is 6. The number of anilines is 1. The van der Waals surface area contributed by atoms with Crippen LogP contribution in [0.4, 0.5) is 5.95 Å². The number of hydrogen-bond donors (Lipinski definition) is 4. The first kappa shape index (κ1) is 15.9. The van der Waals surface area contributed by atoms with Gasteiger partial charge in [-0.15, -0.1) is 16.8 Å². The van der Waals surface area contributed by atoms with Crippen molar-refractivity contribution in [1.82, 2.24) is 25.6 Å². The van der Waals surface area contributed by atoms with Gasteiger partial charge < -0.3 is 11.2 Å². The van der Waals surface area contributed by atoms with Crippen molar-refractivity contribution < 1.29 is 0 Å². The van der Waals surface area contributed by atoms with Crippen molar-refractivity contribution >= 4 is 23.3 Å². The molecular formula is C11H19N7OS. The number of nitrogen functional groups attached to an aromatic ring is 1. The van der Waals surface area contributed by atoms with E-state index in [1.807, 2.05) is 20.8 Å². The third-order valence-corrected chi connectivity index (χ3v) is 2.55. The summed E-state index contributed by atoms with van der Waals surface area (Å²) >= 11 is 4.97. The van der Waals surface area contributed by atoms with E-state index >= 15 is 0 Å². The van der Waals surface area contributed by atoms with E-state index in [-0.39, 0.29) is 11.6 Å². The van der Waals surface area contributed by atoms with E-state index in [9.17, 15) is 4.79 Å². The molecule has 20 heavy (non-hydrogen) atoms. The predicted octanol–water partition coefficient (Wildman–Crippen LogP) is -0.373. The molecule has 0 aliphatic rings. The van der Waals surface area contributed by atoms with Gasteiger partial charge in [0.1, 0.15) is 5.69 Å². The highest BCUT2D eigenvalue weighted by Gasteiger charge is 2.22. The highest BCUT2D eigenvalue weighted by Crippen LogP contribution is 2.15. The lowest BCUT2D eigenvalue weighted by Gasteiger charge is -2.18. The SMILES string of the molecule is C=CCNC(=S)NNc1nnc(C(C)(C)C)c(=O)n1N. The molecule has 1 aromatic heterocycles. The van der Waals surface area contributed by atoms with Gasteiger partial charge in [-0.25, -0.2) is 0 Å². The fraction of sp³-hybridized carbons (Fsp3) is 0.455. The van der Waals surface area contributed by atoms with E-state index < -0.39 is 11.0 Å². The minimum absolute atomic E-state index is 0.0609. The smallest absolute Gasteiger partial charge is 0.295 e. The monoisotopic (exact) mass is 297 g/mol. The van der Waals surface area contributed by atoms with Crippen LogP contribution in [0.1, 0.15) is 26.5 Å². The Morgan fingerprint density at radius 2 is 2.15 bits per heavy atom. The maximum Gasteiger partial charge on any atom is 0.295 e. The molecule has 0 unspecified atom stereocenters. The number of hydrazine groups is 1. The Morgan fingerprint density at radius 1 is 1.50 bits per heavy atom. The van der Waals surface area contributed by atoms with Crippen LogP contribution >= 0.6 is 12.2 Å². The van der Waals surface area contributed by atoms with Gasteiger partial charge in [-0.3, -0.25) is 15.6 Å². The molecule has 0 saturated heterocycles. The molecule has 0 saturated carbocycles. The second-order valence-corrected chi connectivity index (χ2v) is 5.45. The summed E-state index contributed by atoms with van der Waals surface area (Å²) in [7, 11) is 0. The lowest BCUT2D eigenvalue weighted by molar-refractivity contribution is 0.538. The fourth-order valence-electron chi connectivity index (χ4n) is 1.28. The van der Waals surface area contributed by atoms with Gasteiger partial charge in [-0.1, -0.05) is 26.8 Å². The molecule has 8 nitrogen and oxygen atoms in total. The van der Waals surface area contributed by atoms with E-state index in [0.717, 1.165) is 4.68 Å². The zero-order valence-corrected chi connectivity index (χ0v) is 12.5. The van der Waals surface area contributed by atoms with Crippen LogP contribution in [0.15, 0.2) is 17.4 Å². The summed E-state index contributed by atoms with van der Waals surface area (Å²) in [4.78, 5) is 12.1. The minimum atomic E-state index is -0.433. The standard InChI is InChI=1S/C11H19N7OS/c1-5-6-13-10(20)17-16-9-15-14-7(11(2,3)4)8(19)18(9)12/h5H,1,6,12H2,2-4H3,(H,15,16)(H2,13,17,20). The first-order valence-corrected chi connectivity index (χ1v) is 6.34. The third-order valence-electron chi connectivity index (χ3n) is 2.30. The van der Waals surface area contributed by atoms with E-state index in [1.165, 1.54) is 0 Å². The molecular weight excluding hydrogens is 278 g/mol. The molecule has 5 N–H and O–H groups in total. The van der Waals surface area contributed by atoms with Gasteiger partial charge >= 0.3 is 0 Å². The van der Waals surface area contributed by atoms with Crippen molar-refractivity contribution in [2.24, 2.45) is 0 Å². The Bertz CT molecular complexity index is 561. The van der Waals surface area contributed by atoms with Gasteiger partial charge in [0.2, 0.25) is 0 Å². The van der Waals surface area contributed by atoms with Gasteiger partial charge in [0.25, 0.3) is 11.5 Å². The van der Waals surface area contributed by atoms with Crippen LogP contribution in [0, 0.1) is 0 Å². The van der Waals surface area contributed by atoms with E-state index in [2.05, 4.69) is 32.9 Å². The molecule has 0 fully saturated rings. The Balaban J connectivity index is 2.84. The average molecular weight is 297 g/mol. The highest BCUT2D eigenvalue weighted by molar-refractivity contribution is 7.80. The maximum atomic E-state index is 12.1. The largest absolute Gasteiger partial charge is 0.358 e. The summed E-state index contributed by atoms with van der Waals surface area (Å²) < 4.78 is 0.886. The number of nitrogens with zero attached hydrogens (tertiary/aromatic N) is 3. The van der Waals surface area contributed by atoms with Crippen LogP contribution in [-0.4, -0.2) is 26.5 Å². The second-order valence-electron chi connectivity index (χ2n) is 5.05. The zero-order chi connectivity index (χ0) is 15.3. The first-order valence-electron chi connectivity index (χ1n) is 5.93. The summed E-state index contributed by atoms with van der Waals surface area (Å²) in [6.45, 7) is 9.64. The van der Waals surface area contributed by atoms with Crippen LogP contribution in [0.25, 0.3) is 0 Å². The van der Waals surface area contributed by atoms with Crippen molar-refractivity contribution in [3.8, 4) is 0 Å². The molecule has 9 heteroatoms. The van der Waals surface area contributed by atoms with Crippen LogP contribution in [0.2, 0.25) is 0 Å². The minimum Gasteiger partial charge on any atom is -0.358 e. The summed E-state index contributed by atoms with van der Waals surface area (Å²) in [5.41, 5.74) is 4.70. The summed E-state index contributed by atoms with van der Waals surface area (Å²) in [6.07, 6.45) is 1.66. The fourth-order valence-corrected chi connectivity index (χ4v) is 1.41. The molecule has 0 radical (unpaired) electrons. The number of nitrogens with one attached hydrogen (secondary N) is 3. The first-order chi connectivity index (χ1) is 9.27. The highest BCUT2D eigenvalue weighted by atomic mass is 32.1. The number of aromatic nitrogens is 3. The van der Waals surface area contributed by atoms with Gasteiger partial charge in [0.15, 0.2) is 5.11 Å². The Morgan fingerprint density at radius 3 is 2.70 bits per heavy atom. The maximum absolute atomic E-state index is 12.1. The molecule has 0 aliphatic carbocycles. The van der Waals surface area contributed by atoms with Crippen LogP contribution in [-0.2, 0) is 5.41 Å². The van der Waals surface area contributed by atoms with E-state index in [0.29, 0.717) is 11.7 Å². The van der Waals surface area contributed by atoms with Gasteiger partial charge in [0, 0.05) is 12.0 Å². The van der Waals surface area contributed by atoms with Crippen LogP contribution in [0.5, 0.6) is 0 Å². The normalized spacial score (nSPS) is 10.8. The molecule has 1 rings (SSSR count). The van der Waals surface area contributed by atoms with Gasteiger partial charge in [-0.2, -0.15) is 4.68 Å². The Kier molecular flexibility index (Phi) is 5.03. The molecule has 0 atom stereocenters. The average Bonchev–Trinajstić information content (AvgIpc) is 2.36. The van der Waals surface area contributed by atoms with Crippen molar-refractivity contribution in [2.45, 2.75) is 26.2 Å². The van der Waals surface area contributed by atoms with Crippen LogP contribution in [0.3, 0.4) is 0 Å². The zero-order valence-electron chi connectivity index (χ0n) is 11.7. The van der Waals surface area contributed by atoms with E-state index in [1.54, 1.807) is 6.08 Å². The topological polar surface area (TPSA) is 110 Å². The number of rotatable bonds is 4. The van der Waals surface area contributed by atoms with Crippen molar-refractivity contribution in [3.05, 3.63) is 28.7 Å². The predicted molar refractivity (Wildman–Crippen MR) is 82.7 cm³/mol. The quantitative estimate of drug-likeness (QED) is 0.258. The molecule has 0 amide bonds. The van der Waals surface area contributed by atoms with E-state index in [4.69, 9.17) is 18.1 Å². The van der Waals surface area contributed by atoms with Crippen molar-refractivity contribution in [2.75, 3.05) is 17.8 Å². The van der Waals surface area contributed by atoms with Gasteiger partial charge in [0.05, 0.1) is 0 Å². The number of thiocarbonyl (C=S) groups is 1. The molecule has 0 bridgehead atoms. The molecule has 0 aromatic carbocycles. The summed E-state index contributed by atoms with van der Waals surface area (Å²) in [5, 5.41) is 10.9. The second kappa shape index (κ2) is 6.33. The summed E-state index contributed by atoms with van der Waals surface area (Å²) in [6, 6.07) is 0. The number of nitrogens with two attached hydrogens (primary N) is 1. The molecule has 1 heterocycles. The molecule has 1 aromatic rings. The molecule has 110 valence electrons. The van der Waals surface area contributed by atoms with Crippen LogP contribution < -0.4 is 27.6 Å². The molecule has 0 spiro atoms. The van der Waals surface area contributed by atoms with Crippen molar-refractivity contribution in [1.29, 1.82) is 0 Å². The Hall–Kier alpha value is -2.16. The van der Waals surface area contributed by atoms with Gasteiger partial charge in [-0.05, 0) is 12.2 Å². The molecule has 0 aliphatic heterocycles. The Labute approximate surface area is 122 Å². The third kappa shape index (κ3) is 3.92.